The number of aromatic nitrogens is 4. The van der Waals surface area contributed by atoms with Gasteiger partial charge in [-0.05, 0) is 101 Å². The van der Waals surface area contributed by atoms with Gasteiger partial charge in [-0.1, -0.05) is 35.3 Å². The van der Waals surface area contributed by atoms with Crippen LogP contribution in [0.4, 0.5) is 11.6 Å². The smallest absolute Gasteiger partial charge is 0.306 e. The molecule has 0 saturated heterocycles. The first kappa shape index (κ1) is 39.4. The number of halogens is 2. The molecule has 2 aliphatic rings. The Labute approximate surface area is 320 Å². The van der Waals surface area contributed by atoms with Crippen molar-refractivity contribution in [3.8, 4) is 0 Å². The van der Waals surface area contributed by atoms with E-state index in [0.717, 1.165) is 45.1 Å². The normalized spacial score (nSPS) is 22.7. The van der Waals surface area contributed by atoms with Crippen LogP contribution in [0.15, 0.2) is 36.4 Å². The molecule has 13 heteroatoms. The summed E-state index contributed by atoms with van der Waals surface area (Å²) in [5.74, 6) is 1.93. The van der Waals surface area contributed by atoms with Crippen LogP contribution in [0.25, 0.3) is 0 Å². The number of fused-ring (bicyclic) bond motifs is 2. The second-order valence-electron chi connectivity index (χ2n) is 13.4. The van der Waals surface area contributed by atoms with Gasteiger partial charge < -0.3 is 20.5 Å². The molecule has 276 valence electrons. The van der Waals surface area contributed by atoms with Crippen LogP contribution in [0, 0.1) is 27.7 Å². The quantitative estimate of drug-likeness (QED) is 0.159. The fourth-order valence-electron chi connectivity index (χ4n) is 7.04. The fourth-order valence-corrected chi connectivity index (χ4v) is 10.9. The molecular formula is C38H50Cl2N6O3S2. The molecule has 2 aromatic heterocycles. The standard InChI is InChI=1S/C20H26ClN3O2S.C18H24ClN3OS/c1-6-26-17(25)10-16-12(3)22-20-18(13(4)23-24(20)5)19(27-16)15-8-7-14(21)9-11(15)2;1-10-9-13(19)5-6-14(10)17-16-12(3)21-22(4)18(16)20-11(2)15(24-17)7-8-23/h7-9,12,16,19,22H,6,10H2,1-5H3;5-6,9,11,15,17,20,23H,7-8H2,1-4H3/t12-,16+,19+;11-,15+,17+/m11/s1. The number of carbonyl (C=O) groups is 1. The third-order valence-corrected chi connectivity index (χ3v) is 13.6. The number of nitrogens with one attached hydrogen (secondary N) is 2. The molecule has 0 unspecified atom stereocenters. The van der Waals surface area contributed by atoms with Gasteiger partial charge in [-0.25, -0.2) is 0 Å². The van der Waals surface area contributed by atoms with Crippen LogP contribution in [-0.2, 0) is 23.6 Å². The van der Waals surface area contributed by atoms with E-state index in [1.54, 1.807) is 11.8 Å². The molecule has 4 aromatic rings. The maximum absolute atomic E-state index is 12.2. The third kappa shape index (κ3) is 8.70. The van der Waals surface area contributed by atoms with E-state index in [1.807, 2.05) is 73.3 Å². The van der Waals surface area contributed by atoms with E-state index in [0.29, 0.717) is 18.3 Å². The molecule has 6 rings (SSSR count). The van der Waals surface area contributed by atoms with Gasteiger partial charge in [-0.2, -0.15) is 10.2 Å². The maximum atomic E-state index is 12.2. The third-order valence-electron chi connectivity index (χ3n) is 9.64. The van der Waals surface area contributed by atoms with Gasteiger partial charge in [0.15, 0.2) is 0 Å². The zero-order chi connectivity index (χ0) is 37.1. The van der Waals surface area contributed by atoms with E-state index in [9.17, 15) is 9.90 Å². The van der Waals surface area contributed by atoms with E-state index in [1.165, 1.54) is 27.8 Å². The number of anilines is 2. The molecule has 0 amide bonds. The lowest BCUT2D eigenvalue weighted by Crippen LogP contribution is -2.31. The number of aliphatic hydroxyl groups is 1. The molecule has 0 fully saturated rings. The minimum Gasteiger partial charge on any atom is -0.466 e. The van der Waals surface area contributed by atoms with Crippen molar-refractivity contribution < 1.29 is 14.6 Å². The average molecular weight is 774 g/mol. The minimum absolute atomic E-state index is 0.0721. The summed E-state index contributed by atoms with van der Waals surface area (Å²) in [5, 5.41) is 28.1. The van der Waals surface area contributed by atoms with Crippen molar-refractivity contribution in [3.05, 3.63) is 91.2 Å². The number of esters is 1. The molecular weight excluding hydrogens is 723 g/mol. The number of carbonyl (C=O) groups excluding carboxylic acids is 1. The van der Waals surface area contributed by atoms with Gasteiger partial charge in [0.25, 0.3) is 0 Å². The summed E-state index contributed by atoms with van der Waals surface area (Å²) in [4.78, 5) is 12.2. The monoisotopic (exact) mass is 772 g/mol. The summed E-state index contributed by atoms with van der Waals surface area (Å²) in [6, 6.07) is 12.5. The molecule has 2 aromatic carbocycles. The molecule has 6 atom stereocenters. The van der Waals surface area contributed by atoms with E-state index >= 15 is 0 Å². The number of benzene rings is 2. The van der Waals surface area contributed by atoms with Gasteiger partial charge in [-0.15, -0.1) is 23.5 Å². The first-order valence-electron chi connectivity index (χ1n) is 17.4. The number of hydrogen-bond donors (Lipinski definition) is 3. The van der Waals surface area contributed by atoms with Crippen LogP contribution in [0.1, 0.15) is 88.9 Å². The lowest BCUT2D eigenvalue weighted by atomic mass is 9.99. The van der Waals surface area contributed by atoms with Crippen molar-refractivity contribution in [2.24, 2.45) is 14.1 Å². The Bertz CT molecular complexity index is 1860. The Morgan fingerprint density at radius 3 is 1.71 bits per heavy atom. The second-order valence-corrected chi connectivity index (χ2v) is 17.0. The molecule has 51 heavy (non-hydrogen) atoms. The Balaban J connectivity index is 0.000000199. The van der Waals surface area contributed by atoms with Crippen molar-refractivity contribution in [2.75, 3.05) is 23.8 Å². The Kier molecular flexibility index (Phi) is 13.0. The van der Waals surface area contributed by atoms with Crippen molar-refractivity contribution in [3.63, 3.8) is 0 Å². The molecule has 0 radical (unpaired) electrons. The van der Waals surface area contributed by atoms with Gasteiger partial charge in [0, 0.05) is 64.5 Å². The predicted molar refractivity (Wildman–Crippen MR) is 214 cm³/mol. The maximum Gasteiger partial charge on any atom is 0.306 e. The lowest BCUT2D eigenvalue weighted by molar-refractivity contribution is -0.143. The number of ether oxygens (including phenoxy) is 1. The molecule has 0 saturated carbocycles. The molecule has 0 spiro atoms. The number of rotatable bonds is 7. The van der Waals surface area contributed by atoms with E-state index in [2.05, 4.69) is 67.6 Å². The van der Waals surface area contributed by atoms with Gasteiger partial charge >= 0.3 is 5.97 Å². The van der Waals surface area contributed by atoms with Gasteiger partial charge in [0.05, 0.1) is 34.9 Å². The first-order chi connectivity index (χ1) is 24.2. The average Bonchev–Trinajstić information content (AvgIpc) is 3.35. The molecule has 9 nitrogen and oxygen atoms in total. The van der Waals surface area contributed by atoms with Crippen LogP contribution in [0.5, 0.6) is 0 Å². The summed E-state index contributed by atoms with van der Waals surface area (Å²) in [6.07, 6.45) is 1.14. The Morgan fingerprint density at radius 2 is 1.27 bits per heavy atom. The van der Waals surface area contributed by atoms with E-state index in [4.69, 9.17) is 27.9 Å². The Morgan fingerprint density at radius 1 is 0.824 bits per heavy atom. The number of thioether (sulfide) groups is 2. The predicted octanol–water partition coefficient (Wildman–Crippen LogP) is 8.73. The zero-order valence-corrected chi connectivity index (χ0v) is 34.0. The highest BCUT2D eigenvalue weighted by Gasteiger charge is 2.37. The lowest BCUT2D eigenvalue weighted by Gasteiger charge is -2.25. The van der Waals surface area contributed by atoms with Crippen molar-refractivity contribution in [1.29, 1.82) is 0 Å². The highest BCUT2D eigenvalue weighted by Crippen LogP contribution is 2.49. The highest BCUT2D eigenvalue weighted by molar-refractivity contribution is 8.00. The Hall–Kier alpha value is -2.83. The summed E-state index contributed by atoms with van der Waals surface area (Å²) in [5.41, 5.74) is 9.24. The van der Waals surface area contributed by atoms with Crippen LogP contribution in [-0.4, -0.2) is 66.4 Å². The summed E-state index contributed by atoms with van der Waals surface area (Å²) in [6.45, 7) is 15.0. The molecule has 3 N–H and O–H groups in total. The summed E-state index contributed by atoms with van der Waals surface area (Å²) in [7, 11) is 3.93. The SMILES string of the molecule is CCOC(=O)C[C@@H]1S[C@@H](c2ccc(Cl)cc2C)c2c(C)nn(C)c2N[C@@H]1C.Cc1cc(Cl)ccc1[C@@H]1S[C@@H](CCO)[C@@H](C)Nc2c1c(C)nn2C. The van der Waals surface area contributed by atoms with E-state index < -0.39 is 0 Å². The van der Waals surface area contributed by atoms with Crippen LogP contribution >= 0.6 is 46.7 Å². The summed E-state index contributed by atoms with van der Waals surface area (Å²) < 4.78 is 9.03. The second kappa shape index (κ2) is 16.9. The number of aryl methyl sites for hydroxylation is 6. The molecule has 2 aliphatic heterocycles. The first-order valence-corrected chi connectivity index (χ1v) is 20.1. The van der Waals surface area contributed by atoms with Gasteiger partial charge in [-0.3, -0.25) is 14.2 Å². The number of aliphatic hydroxyl groups excluding tert-OH is 1. The summed E-state index contributed by atoms with van der Waals surface area (Å²) >= 11 is 16.0. The topological polar surface area (TPSA) is 106 Å². The fraction of sp³-hybridized carbons (Fsp3) is 0.500. The highest BCUT2D eigenvalue weighted by atomic mass is 35.5. The van der Waals surface area contributed by atoms with Crippen LogP contribution < -0.4 is 10.6 Å². The van der Waals surface area contributed by atoms with Crippen LogP contribution in [0.3, 0.4) is 0 Å². The minimum atomic E-state index is -0.156. The largest absolute Gasteiger partial charge is 0.466 e. The number of nitrogens with zero attached hydrogens (tertiary/aromatic N) is 4. The van der Waals surface area contributed by atoms with Crippen LogP contribution in [0.2, 0.25) is 10.0 Å². The molecule has 4 heterocycles. The van der Waals surface area contributed by atoms with Crippen molar-refractivity contribution in [2.45, 2.75) is 94.4 Å². The zero-order valence-electron chi connectivity index (χ0n) is 30.9. The van der Waals surface area contributed by atoms with E-state index in [-0.39, 0.29) is 40.4 Å². The molecule has 0 aliphatic carbocycles. The number of hydrogen-bond acceptors (Lipinski definition) is 9. The van der Waals surface area contributed by atoms with Gasteiger partial charge in [0.2, 0.25) is 0 Å². The van der Waals surface area contributed by atoms with Crippen molar-refractivity contribution in [1.82, 2.24) is 19.6 Å². The van der Waals surface area contributed by atoms with Crippen molar-refractivity contribution >= 4 is 64.3 Å². The molecule has 0 bridgehead atoms. The van der Waals surface area contributed by atoms with Gasteiger partial charge in [0.1, 0.15) is 11.6 Å².